The zero-order valence-corrected chi connectivity index (χ0v) is 19.3. The van der Waals surface area contributed by atoms with Crippen molar-refractivity contribution in [3.63, 3.8) is 0 Å². The second kappa shape index (κ2) is 9.73. The number of carbonyl (C=O) groups excluding carboxylic acids is 1. The van der Waals surface area contributed by atoms with Crippen molar-refractivity contribution in [1.82, 2.24) is 14.8 Å². The largest absolute Gasteiger partial charge is 0.324 e. The van der Waals surface area contributed by atoms with E-state index in [1.54, 1.807) is 11.3 Å². The Balaban J connectivity index is 1.25. The van der Waals surface area contributed by atoms with Crippen LogP contribution in [0.25, 0.3) is 10.6 Å². The van der Waals surface area contributed by atoms with Crippen molar-refractivity contribution in [2.45, 2.75) is 27.3 Å². The van der Waals surface area contributed by atoms with Gasteiger partial charge in [-0.15, -0.1) is 11.3 Å². The third-order valence-electron chi connectivity index (χ3n) is 5.81. The number of carbonyl (C=O) groups is 1. The lowest BCUT2D eigenvalue weighted by Gasteiger charge is -2.33. The van der Waals surface area contributed by atoms with Gasteiger partial charge >= 0.3 is 0 Å². The molecule has 0 unspecified atom stereocenters. The minimum Gasteiger partial charge on any atom is -0.324 e. The van der Waals surface area contributed by atoms with Crippen molar-refractivity contribution in [2.24, 2.45) is 0 Å². The van der Waals surface area contributed by atoms with Gasteiger partial charge in [-0.3, -0.25) is 14.6 Å². The number of hydrogen-bond donors (Lipinski definition) is 1. The Labute approximate surface area is 188 Å². The number of rotatable bonds is 6. The van der Waals surface area contributed by atoms with Crippen molar-refractivity contribution in [1.29, 1.82) is 0 Å². The Kier molecular flexibility index (Phi) is 6.80. The summed E-state index contributed by atoms with van der Waals surface area (Å²) in [5.74, 6) is 0.0630. The number of thiazole rings is 1. The first-order chi connectivity index (χ1) is 15.0. The highest BCUT2D eigenvalue weighted by atomic mass is 32.1. The normalized spacial score (nSPS) is 15.2. The van der Waals surface area contributed by atoms with Crippen LogP contribution in [0, 0.1) is 20.8 Å². The molecule has 0 saturated carbocycles. The molecule has 2 aromatic carbocycles. The quantitative estimate of drug-likeness (QED) is 0.621. The van der Waals surface area contributed by atoms with Gasteiger partial charge in [0.1, 0.15) is 5.01 Å². The second-order valence-corrected chi connectivity index (χ2v) is 9.24. The first-order valence-corrected chi connectivity index (χ1v) is 11.7. The van der Waals surface area contributed by atoms with Crippen molar-refractivity contribution in [3.8, 4) is 10.6 Å². The highest BCUT2D eigenvalue weighted by Crippen LogP contribution is 2.25. The number of piperazine rings is 1. The average molecular weight is 435 g/mol. The summed E-state index contributed by atoms with van der Waals surface area (Å²) in [6.45, 7) is 11.2. The molecule has 0 spiro atoms. The first kappa shape index (κ1) is 21.7. The van der Waals surface area contributed by atoms with Crippen LogP contribution in [-0.4, -0.2) is 53.4 Å². The van der Waals surface area contributed by atoms with Gasteiger partial charge < -0.3 is 5.32 Å². The summed E-state index contributed by atoms with van der Waals surface area (Å²) in [7, 11) is 0. The fourth-order valence-electron chi connectivity index (χ4n) is 3.94. The van der Waals surface area contributed by atoms with E-state index in [9.17, 15) is 4.79 Å². The standard InChI is InChI=1S/C25H30N4OS/c1-18-7-9-21(10-8-18)25-26-22(17-31-25)15-28-11-13-29(14-12-28)16-23(30)27-24-19(2)5-4-6-20(24)3/h4-10,17H,11-16H2,1-3H3,(H,27,30). The Bertz CT molecular complexity index is 1020. The van der Waals surface area contributed by atoms with E-state index in [1.165, 1.54) is 11.1 Å². The third-order valence-corrected chi connectivity index (χ3v) is 6.75. The molecule has 0 atom stereocenters. The number of nitrogens with zero attached hydrogens (tertiary/aromatic N) is 3. The Morgan fingerprint density at radius 1 is 0.968 bits per heavy atom. The van der Waals surface area contributed by atoms with E-state index in [1.807, 2.05) is 32.0 Å². The number of benzene rings is 2. The highest BCUT2D eigenvalue weighted by Gasteiger charge is 2.20. The van der Waals surface area contributed by atoms with Crippen LogP contribution in [0.15, 0.2) is 47.8 Å². The molecule has 3 aromatic rings. The first-order valence-electron chi connectivity index (χ1n) is 10.8. The second-order valence-electron chi connectivity index (χ2n) is 8.38. The molecule has 1 aliphatic rings. The fourth-order valence-corrected chi connectivity index (χ4v) is 4.75. The number of anilines is 1. The van der Waals surface area contributed by atoms with Crippen LogP contribution in [0.1, 0.15) is 22.4 Å². The monoisotopic (exact) mass is 434 g/mol. The number of amides is 1. The lowest BCUT2D eigenvalue weighted by molar-refractivity contribution is -0.117. The Morgan fingerprint density at radius 3 is 2.29 bits per heavy atom. The molecule has 31 heavy (non-hydrogen) atoms. The molecule has 6 heteroatoms. The minimum absolute atomic E-state index is 0.0630. The Hall–Kier alpha value is -2.54. The molecule has 0 aliphatic carbocycles. The van der Waals surface area contributed by atoms with Crippen LogP contribution in [-0.2, 0) is 11.3 Å². The van der Waals surface area contributed by atoms with Crippen molar-refractivity contribution in [3.05, 3.63) is 70.2 Å². The maximum absolute atomic E-state index is 12.5. The smallest absolute Gasteiger partial charge is 0.238 e. The molecule has 4 rings (SSSR count). The molecule has 1 aliphatic heterocycles. The molecule has 1 saturated heterocycles. The molecule has 5 nitrogen and oxygen atoms in total. The fraction of sp³-hybridized carbons (Fsp3) is 0.360. The molecule has 1 aromatic heterocycles. The van der Waals surface area contributed by atoms with E-state index in [-0.39, 0.29) is 5.91 Å². The maximum Gasteiger partial charge on any atom is 0.238 e. The van der Waals surface area contributed by atoms with Crippen LogP contribution in [0.3, 0.4) is 0 Å². The van der Waals surface area contributed by atoms with E-state index < -0.39 is 0 Å². The molecule has 1 fully saturated rings. The molecular formula is C25H30N4OS. The number of nitrogens with one attached hydrogen (secondary N) is 1. The topological polar surface area (TPSA) is 48.5 Å². The van der Waals surface area contributed by atoms with E-state index in [0.717, 1.165) is 60.2 Å². The molecule has 0 radical (unpaired) electrons. The molecule has 2 heterocycles. The van der Waals surface area contributed by atoms with Gasteiger partial charge in [-0.25, -0.2) is 4.98 Å². The van der Waals surface area contributed by atoms with Gasteiger partial charge in [0.05, 0.1) is 12.2 Å². The summed E-state index contributed by atoms with van der Waals surface area (Å²) >= 11 is 1.71. The van der Waals surface area contributed by atoms with Crippen molar-refractivity contribution >= 4 is 22.9 Å². The summed E-state index contributed by atoms with van der Waals surface area (Å²) in [6, 6.07) is 14.6. The van der Waals surface area contributed by atoms with Gasteiger partial charge in [0.25, 0.3) is 0 Å². The van der Waals surface area contributed by atoms with Gasteiger partial charge in [0.2, 0.25) is 5.91 Å². The van der Waals surface area contributed by atoms with Crippen LogP contribution < -0.4 is 5.32 Å². The third kappa shape index (κ3) is 5.58. The van der Waals surface area contributed by atoms with Crippen molar-refractivity contribution < 1.29 is 4.79 Å². The maximum atomic E-state index is 12.5. The molecular weight excluding hydrogens is 404 g/mol. The van der Waals surface area contributed by atoms with Crippen LogP contribution in [0.4, 0.5) is 5.69 Å². The van der Waals surface area contributed by atoms with Gasteiger partial charge in [-0.2, -0.15) is 0 Å². The Morgan fingerprint density at radius 2 is 1.61 bits per heavy atom. The van der Waals surface area contributed by atoms with Crippen molar-refractivity contribution in [2.75, 3.05) is 38.0 Å². The SMILES string of the molecule is Cc1ccc(-c2nc(CN3CCN(CC(=O)Nc4c(C)cccc4C)CC3)cs2)cc1. The summed E-state index contributed by atoms with van der Waals surface area (Å²) in [6.07, 6.45) is 0. The summed E-state index contributed by atoms with van der Waals surface area (Å²) in [4.78, 5) is 22.0. The van der Waals surface area contributed by atoms with Crippen LogP contribution >= 0.6 is 11.3 Å². The molecule has 162 valence electrons. The number of hydrogen-bond acceptors (Lipinski definition) is 5. The average Bonchev–Trinajstić information content (AvgIpc) is 3.21. The van der Waals surface area contributed by atoms with E-state index >= 15 is 0 Å². The van der Waals surface area contributed by atoms with Gasteiger partial charge in [0.15, 0.2) is 0 Å². The van der Waals surface area contributed by atoms with Crippen LogP contribution in [0.2, 0.25) is 0 Å². The molecule has 1 N–H and O–H groups in total. The van der Waals surface area contributed by atoms with Gasteiger partial charge in [0, 0.05) is 49.4 Å². The number of aryl methyl sites for hydroxylation is 3. The summed E-state index contributed by atoms with van der Waals surface area (Å²) in [5.41, 5.74) is 6.72. The van der Waals surface area contributed by atoms with E-state index in [4.69, 9.17) is 4.98 Å². The minimum atomic E-state index is 0.0630. The highest BCUT2D eigenvalue weighted by molar-refractivity contribution is 7.13. The number of aromatic nitrogens is 1. The van der Waals surface area contributed by atoms with E-state index in [2.05, 4.69) is 51.7 Å². The lowest BCUT2D eigenvalue weighted by Crippen LogP contribution is -2.48. The summed E-state index contributed by atoms with van der Waals surface area (Å²) in [5, 5.41) is 6.34. The zero-order chi connectivity index (χ0) is 21.8. The summed E-state index contributed by atoms with van der Waals surface area (Å²) < 4.78 is 0. The van der Waals surface area contributed by atoms with Gasteiger partial charge in [-0.05, 0) is 31.9 Å². The number of para-hydroxylation sites is 1. The molecule has 0 bridgehead atoms. The van der Waals surface area contributed by atoms with Crippen LogP contribution in [0.5, 0.6) is 0 Å². The predicted octanol–water partition coefficient (Wildman–Crippen LogP) is 4.49. The zero-order valence-electron chi connectivity index (χ0n) is 18.5. The van der Waals surface area contributed by atoms with Gasteiger partial charge in [-0.1, -0.05) is 48.0 Å². The lowest BCUT2D eigenvalue weighted by atomic mass is 10.1. The molecule has 1 amide bonds. The predicted molar refractivity (Wildman–Crippen MR) is 129 cm³/mol. The van der Waals surface area contributed by atoms with E-state index in [0.29, 0.717) is 6.54 Å².